The van der Waals surface area contributed by atoms with Crippen molar-refractivity contribution in [2.75, 3.05) is 50.7 Å². The number of amides is 2. The molecular weight excluding hydrogens is 701 g/mol. The monoisotopic (exact) mass is 748 g/mol. The minimum Gasteiger partial charge on any atom is -0.480 e. The van der Waals surface area contributed by atoms with Gasteiger partial charge in [-0.15, -0.1) is 0 Å². The van der Waals surface area contributed by atoms with Gasteiger partial charge in [-0.25, -0.2) is 0 Å². The number of benzene rings is 4. The minimum absolute atomic E-state index is 0.353. The smallest absolute Gasteiger partial charge is 0.416 e. The highest BCUT2D eigenvalue weighted by Crippen LogP contribution is 2.32. The summed E-state index contributed by atoms with van der Waals surface area (Å²) in [5.41, 5.74) is 5.18. The summed E-state index contributed by atoms with van der Waals surface area (Å²) < 4.78 is 38.8. The Morgan fingerprint density at radius 1 is 0.685 bits per heavy atom. The zero-order valence-electron chi connectivity index (χ0n) is 30.4. The number of rotatable bonds is 12. The molecule has 4 N–H and O–H groups in total. The maximum atomic E-state index is 12.9. The number of aliphatic carboxylic acids is 2. The van der Waals surface area contributed by atoms with Gasteiger partial charge in [-0.1, -0.05) is 74.0 Å². The Kier molecular flexibility index (Phi) is 17.2. The van der Waals surface area contributed by atoms with E-state index in [0.717, 1.165) is 58.1 Å². The van der Waals surface area contributed by atoms with Gasteiger partial charge in [0.1, 0.15) is 13.1 Å². The van der Waals surface area contributed by atoms with E-state index >= 15 is 0 Å². The molecule has 5 rings (SSSR count). The van der Waals surface area contributed by atoms with Gasteiger partial charge in [-0.3, -0.25) is 24.1 Å². The van der Waals surface area contributed by atoms with E-state index in [9.17, 15) is 32.3 Å². The molecule has 54 heavy (non-hydrogen) atoms. The summed E-state index contributed by atoms with van der Waals surface area (Å²) in [6, 6.07) is 29.4. The molecule has 0 unspecified atom stereocenters. The van der Waals surface area contributed by atoms with Gasteiger partial charge in [-0.05, 0) is 78.9 Å². The van der Waals surface area contributed by atoms with Gasteiger partial charge in [-0.2, -0.15) is 13.2 Å². The van der Waals surface area contributed by atoms with E-state index in [2.05, 4.69) is 52.5 Å². The molecule has 13 heteroatoms. The molecule has 4 aromatic carbocycles. The summed E-state index contributed by atoms with van der Waals surface area (Å²) in [5, 5.41) is 21.1. The summed E-state index contributed by atoms with van der Waals surface area (Å²) in [6.07, 6.45) is -1.000. The van der Waals surface area contributed by atoms with Crippen LogP contribution in [0.4, 0.5) is 18.9 Å². The molecule has 0 bridgehead atoms. The lowest BCUT2D eigenvalue weighted by molar-refractivity contribution is -0.138. The molecule has 1 aliphatic rings. The van der Waals surface area contributed by atoms with Crippen molar-refractivity contribution in [3.8, 4) is 0 Å². The number of carbonyl (C=O) groups is 4. The zero-order chi connectivity index (χ0) is 39.5. The molecule has 2 amide bonds. The van der Waals surface area contributed by atoms with Crippen molar-refractivity contribution in [3.63, 3.8) is 0 Å². The average Bonchev–Trinajstić information content (AvgIpc) is 3.17. The quantitative estimate of drug-likeness (QED) is 0.132. The number of carboxylic acids is 2. The minimum atomic E-state index is -4.29. The molecule has 1 saturated heterocycles. The highest BCUT2D eigenvalue weighted by atomic mass is 19.4. The molecule has 0 atom stereocenters. The van der Waals surface area contributed by atoms with Gasteiger partial charge >= 0.3 is 18.1 Å². The predicted octanol–water partition coefficient (Wildman–Crippen LogP) is 6.33. The van der Waals surface area contributed by atoms with Crippen molar-refractivity contribution >= 4 is 29.4 Å². The number of anilines is 1. The number of halogens is 3. The highest BCUT2D eigenvalue weighted by molar-refractivity contribution is 5.96. The van der Waals surface area contributed by atoms with Gasteiger partial charge < -0.3 is 25.7 Å². The molecule has 10 nitrogen and oxygen atoms in total. The lowest BCUT2D eigenvalue weighted by Crippen LogP contribution is -2.47. The normalized spacial score (nSPS) is 12.6. The van der Waals surface area contributed by atoms with Crippen molar-refractivity contribution in [2.45, 2.75) is 39.3 Å². The van der Waals surface area contributed by atoms with Gasteiger partial charge in [0.2, 0.25) is 0 Å². The van der Waals surface area contributed by atoms with Crippen molar-refractivity contribution < 1.29 is 42.6 Å². The topological polar surface area (TPSA) is 139 Å². The predicted molar refractivity (Wildman–Crippen MR) is 202 cm³/mol. The first kappa shape index (κ1) is 42.7. The average molecular weight is 749 g/mol. The Bertz CT molecular complexity index is 1730. The summed E-state index contributed by atoms with van der Waals surface area (Å²) >= 11 is 0. The third-order valence-corrected chi connectivity index (χ3v) is 8.43. The largest absolute Gasteiger partial charge is 0.480 e. The summed E-state index contributed by atoms with van der Waals surface area (Å²) in [6.45, 7) is 7.94. The second kappa shape index (κ2) is 21.7. The van der Waals surface area contributed by atoms with Crippen LogP contribution in [0, 0.1) is 6.92 Å². The number of hydrogen-bond acceptors (Lipinski definition) is 6. The van der Waals surface area contributed by atoms with Crippen LogP contribution in [0.5, 0.6) is 0 Å². The molecule has 0 radical (unpaired) electrons. The van der Waals surface area contributed by atoms with Crippen molar-refractivity contribution in [1.82, 2.24) is 15.5 Å². The van der Waals surface area contributed by atoms with E-state index in [1.807, 2.05) is 0 Å². The molecule has 0 saturated carbocycles. The van der Waals surface area contributed by atoms with Gasteiger partial charge in [0.05, 0.1) is 5.56 Å². The van der Waals surface area contributed by atoms with Crippen LogP contribution in [0.15, 0.2) is 103 Å². The van der Waals surface area contributed by atoms with Crippen molar-refractivity contribution in [1.29, 1.82) is 0 Å². The van der Waals surface area contributed by atoms with E-state index in [0.29, 0.717) is 16.8 Å². The number of aryl methyl sites for hydroxylation is 2. The van der Waals surface area contributed by atoms with Crippen LogP contribution in [0.1, 0.15) is 56.3 Å². The number of carboxylic acid groups (broad SMARTS) is 2. The van der Waals surface area contributed by atoms with Gasteiger partial charge in [0.25, 0.3) is 11.8 Å². The second-order valence-corrected chi connectivity index (χ2v) is 12.5. The molecule has 0 aromatic heterocycles. The second-order valence-electron chi connectivity index (χ2n) is 12.5. The number of hydrogen-bond donors (Lipinski definition) is 4. The number of alkyl halides is 3. The number of carbonyl (C=O) groups excluding carboxylic acids is 2. The maximum absolute atomic E-state index is 12.9. The van der Waals surface area contributed by atoms with Crippen molar-refractivity contribution in [3.05, 3.63) is 137 Å². The zero-order valence-corrected chi connectivity index (χ0v) is 30.4. The lowest BCUT2D eigenvalue weighted by Gasteiger charge is -2.36. The van der Waals surface area contributed by atoms with Crippen LogP contribution in [0.25, 0.3) is 0 Å². The van der Waals surface area contributed by atoms with E-state index in [-0.39, 0.29) is 24.9 Å². The molecule has 288 valence electrons. The van der Waals surface area contributed by atoms with E-state index < -0.39 is 23.7 Å². The van der Waals surface area contributed by atoms with Crippen LogP contribution in [-0.2, 0) is 28.6 Å². The third-order valence-electron chi connectivity index (χ3n) is 8.43. The first-order valence-corrected chi connectivity index (χ1v) is 17.6. The fourth-order valence-corrected chi connectivity index (χ4v) is 5.51. The Morgan fingerprint density at radius 3 is 1.70 bits per heavy atom. The molecule has 0 spiro atoms. The maximum Gasteiger partial charge on any atom is 0.416 e. The van der Waals surface area contributed by atoms with Gasteiger partial charge in [0.15, 0.2) is 0 Å². The van der Waals surface area contributed by atoms with Gasteiger partial charge in [0, 0.05) is 49.5 Å². The summed E-state index contributed by atoms with van der Waals surface area (Å²) in [5.74, 6) is -2.85. The Balaban J connectivity index is 0.000000250. The Hall–Kier alpha value is -5.69. The highest BCUT2D eigenvalue weighted by Gasteiger charge is 2.31. The first-order valence-electron chi connectivity index (χ1n) is 17.6. The van der Waals surface area contributed by atoms with Crippen LogP contribution >= 0.6 is 0 Å². The van der Waals surface area contributed by atoms with Crippen LogP contribution < -0.4 is 15.5 Å². The standard InChI is InChI=1S/C23H29F3N2.2C9H9NO3/c1-3-5-20-16-19(9-8-18(20)2)10-11-27-12-14-28(15-13-27)22-7-4-6-21(17-22)23(24,25)26;2*11-8(12)6-10-9(13)7-4-2-1-3-5-7/h4,6-9,16-17H,3,5,10-15H2,1-2H3;2*1-5H,6H2,(H,10,13)(H,11,12). The Labute approximate surface area is 313 Å². The SMILES string of the molecule is CCCc1cc(CCN2CCN(c3cccc(C(F)(F)F)c3)CC2)ccc1C.O=C(O)CNC(=O)c1ccccc1.O=C(O)CNC(=O)c1ccccc1. The fourth-order valence-electron chi connectivity index (χ4n) is 5.51. The third kappa shape index (κ3) is 15.1. The molecule has 1 fully saturated rings. The van der Waals surface area contributed by atoms with Crippen LogP contribution in [0.2, 0.25) is 0 Å². The molecule has 1 aliphatic heterocycles. The molecule has 1 heterocycles. The summed E-state index contributed by atoms with van der Waals surface area (Å²) in [7, 11) is 0. The van der Waals surface area contributed by atoms with Crippen LogP contribution in [-0.4, -0.2) is 84.7 Å². The molecule has 0 aliphatic carbocycles. The number of nitrogens with one attached hydrogen (secondary N) is 2. The number of piperazine rings is 1. The van der Waals surface area contributed by atoms with Crippen molar-refractivity contribution in [2.24, 2.45) is 0 Å². The van der Waals surface area contributed by atoms with E-state index in [1.54, 1.807) is 66.7 Å². The summed E-state index contributed by atoms with van der Waals surface area (Å²) in [4.78, 5) is 47.0. The van der Waals surface area contributed by atoms with E-state index in [1.165, 1.54) is 28.8 Å². The fraction of sp³-hybridized carbons (Fsp3) is 0.317. The Morgan fingerprint density at radius 2 is 1.22 bits per heavy atom. The lowest BCUT2D eigenvalue weighted by atomic mass is 9.99. The van der Waals surface area contributed by atoms with E-state index in [4.69, 9.17) is 10.2 Å². The molecule has 4 aromatic rings. The first-order chi connectivity index (χ1) is 25.8. The molecular formula is C41H47F3N4O6. The number of nitrogens with zero attached hydrogens (tertiary/aromatic N) is 2. The van der Waals surface area contributed by atoms with Crippen LogP contribution in [0.3, 0.4) is 0 Å².